The average Bonchev–Trinajstić information content (AvgIpc) is 2.48. The molecule has 0 aliphatic rings. The number of halogens is 1. The highest BCUT2D eigenvalue weighted by atomic mass is 35.5. The van der Waals surface area contributed by atoms with Crippen molar-refractivity contribution < 1.29 is 5.11 Å². The molecule has 0 saturated heterocycles. The molecular formula is C20H24ClNO. The Morgan fingerprint density at radius 2 is 1.61 bits per heavy atom. The summed E-state index contributed by atoms with van der Waals surface area (Å²) in [6.45, 7) is 10.6. The molecule has 0 aromatic heterocycles. The first-order chi connectivity index (χ1) is 10.8. The maximum atomic E-state index is 10.1. The number of para-hydroxylation sites is 1. The highest BCUT2D eigenvalue weighted by molar-refractivity contribution is 6.32. The van der Waals surface area contributed by atoms with E-state index in [1.165, 1.54) is 11.1 Å². The van der Waals surface area contributed by atoms with Crippen molar-refractivity contribution in [1.82, 2.24) is 0 Å². The third kappa shape index (κ3) is 3.94. The van der Waals surface area contributed by atoms with Gasteiger partial charge in [0.25, 0.3) is 0 Å². The van der Waals surface area contributed by atoms with Crippen LogP contribution in [0, 0.1) is 6.92 Å². The first kappa shape index (κ1) is 17.6. The monoisotopic (exact) mass is 329 g/mol. The summed E-state index contributed by atoms with van der Waals surface area (Å²) >= 11 is 6.05. The fourth-order valence-corrected chi connectivity index (χ4v) is 2.94. The number of aromatic hydroxyl groups is 1. The molecule has 0 amide bonds. The lowest BCUT2D eigenvalue weighted by Gasteiger charge is -2.16. The van der Waals surface area contributed by atoms with E-state index in [4.69, 9.17) is 16.6 Å². The second-order valence-electron chi connectivity index (χ2n) is 6.54. The van der Waals surface area contributed by atoms with Gasteiger partial charge in [0.15, 0.2) is 0 Å². The van der Waals surface area contributed by atoms with E-state index >= 15 is 0 Å². The summed E-state index contributed by atoms with van der Waals surface area (Å²) in [5.74, 6) is 0.847. The van der Waals surface area contributed by atoms with Crippen molar-refractivity contribution in [3.63, 3.8) is 0 Å². The molecule has 2 rings (SSSR count). The summed E-state index contributed by atoms with van der Waals surface area (Å²) in [5, 5.41) is 10.5. The fourth-order valence-electron chi connectivity index (χ4n) is 2.65. The molecule has 0 saturated carbocycles. The van der Waals surface area contributed by atoms with Crippen LogP contribution < -0.4 is 0 Å². The van der Waals surface area contributed by atoms with E-state index in [0.29, 0.717) is 22.4 Å². The molecule has 0 atom stereocenters. The Labute approximate surface area is 143 Å². The first-order valence-electron chi connectivity index (χ1n) is 7.97. The molecule has 2 nitrogen and oxygen atoms in total. The van der Waals surface area contributed by atoms with Crippen LogP contribution in [0.15, 0.2) is 35.3 Å². The van der Waals surface area contributed by atoms with Crippen LogP contribution in [-0.2, 0) is 0 Å². The molecule has 3 heteroatoms. The van der Waals surface area contributed by atoms with Gasteiger partial charge in [0.1, 0.15) is 5.75 Å². The largest absolute Gasteiger partial charge is 0.506 e. The van der Waals surface area contributed by atoms with Gasteiger partial charge in [0, 0.05) is 11.8 Å². The van der Waals surface area contributed by atoms with E-state index in [1.807, 2.05) is 13.0 Å². The standard InChI is InChI=1S/C20H24ClNO/c1-12(2)16-7-6-8-17(13(3)4)19(16)22-11-15-9-14(5)10-18(21)20(15)23/h6-13,23H,1-5H3. The molecular weight excluding hydrogens is 306 g/mol. The smallest absolute Gasteiger partial charge is 0.142 e. The van der Waals surface area contributed by atoms with Crippen molar-refractivity contribution in [3.8, 4) is 5.75 Å². The van der Waals surface area contributed by atoms with Crippen LogP contribution in [-0.4, -0.2) is 11.3 Å². The minimum Gasteiger partial charge on any atom is -0.506 e. The Morgan fingerprint density at radius 1 is 1.04 bits per heavy atom. The van der Waals surface area contributed by atoms with Gasteiger partial charge >= 0.3 is 0 Å². The average molecular weight is 330 g/mol. The number of aryl methyl sites for hydroxylation is 1. The molecule has 0 bridgehead atoms. The van der Waals surface area contributed by atoms with Crippen LogP contribution in [0.3, 0.4) is 0 Å². The Hall–Kier alpha value is -1.80. The molecule has 0 fully saturated rings. The molecule has 2 aromatic rings. The summed E-state index contributed by atoms with van der Waals surface area (Å²) in [6, 6.07) is 9.96. The van der Waals surface area contributed by atoms with E-state index in [1.54, 1.807) is 12.3 Å². The Morgan fingerprint density at radius 3 is 2.13 bits per heavy atom. The molecule has 0 spiro atoms. The van der Waals surface area contributed by atoms with Crippen molar-refractivity contribution in [2.45, 2.75) is 46.5 Å². The van der Waals surface area contributed by atoms with Gasteiger partial charge in [0.05, 0.1) is 10.7 Å². The molecule has 0 unspecified atom stereocenters. The first-order valence-corrected chi connectivity index (χ1v) is 8.35. The Kier molecular flexibility index (Phi) is 5.48. The normalized spacial score (nSPS) is 11.8. The zero-order valence-electron chi connectivity index (χ0n) is 14.4. The van der Waals surface area contributed by atoms with Crippen molar-refractivity contribution in [3.05, 3.63) is 57.6 Å². The van der Waals surface area contributed by atoms with E-state index in [-0.39, 0.29) is 5.75 Å². The lowest BCUT2D eigenvalue weighted by molar-refractivity contribution is 0.474. The highest BCUT2D eigenvalue weighted by Gasteiger charge is 2.13. The number of phenols is 1. The maximum Gasteiger partial charge on any atom is 0.142 e. The second-order valence-corrected chi connectivity index (χ2v) is 6.94. The summed E-state index contributed by atoms with van der Waals surface area (Å²) in [6.07, 6.45) is 1.71. The lowest BCUT2D eigenvalue weighted by Crippen LogP contribution is -1.96. The third-order valence-electron chi connectivity index (χ3n) is 3.91. The van der Waals surface area contributed by atoms with Crippen LogP contribution >= 0.6 is 11.6 Å². The van der Waals surface area contributed by atoms with Crippen LogP contribution in [0.4, 0.5) is 5.69 Å². The molecule has 0 heterocycles. The second kappa shape index (κ2) is 7.18. The highest BCUT2D eigenvalue weighted by Crippen LogP contribution is 2.35. The predicted molar refractivity (Wildman–Crippen MR) is 99.7 cm³/mol. The third-order valence-corrected chi connectivity index (χ3v) is 4.20. The number of hydrogen-bond acceptors (Lipinski definition) is 2. The molecule has 0 aliphatic heterocycles. The molecule has 23 heavy (non-hydrogen) atoms. The topological polar surface area (TPSA) is 32.6 Å². The van der Waals surface area contributed by atoms with Gasteiger partial charge in [0.2, 0.25) is 0 Å². The van der Waals surface area contributed by atoms with E-state index in [2.05, 4.69) is 45.9 Å². The fraction of sp³-hybridized carbons (Fsp3) is 0.350. The minimum atomic E-state index is 0.0779. The quantitative estimate of drug-likeness (QED) is 0.651. The van der Waals surface area contributed by atoms with Gasteiger partial charge in [-0.1, -0.05) is 57.5 Å². The van der Waals surface area contributed by atoms with Gasteiger partial charge in [-0.05, 0) is 47.6 Å². The van der Waals surface area contributed by atoms with Crippen LogP contribution in [0.25, 0.3) is 0 Å². The molecule has 0 radical (unpaired) electrons. The predicted octanol–water partition coefficient (Wildman–Crippen LogP) is 6.35. The van der Waals surface area contributed by atoms with Gasteiger partial charge in [-0.2, -0.15) is 0 Å². The van der Waals surface area contributed by atoms with Crippen molar-refractivity contribution in [2.75, 3.05) is 0 Å². The molecule has 2 aromatic carbocycles. The van der Waals surface area contributed by atoms with Gasteiger partial charge < -0.3 is 5.11 Å². The van der Waals surface area contributed by atoms with Gasteiger partial charge in [-0.3, -0.25) is 4.99 Å². The van der Waals surface area contributed by atoms with E-state index in [0.717, 1.165) is 11.3 Å². The molecule has 0 aliphatic carbocycles. The summed E-state index contributed by atoms with van der Waals surface area (Å²) in [5.41, 5.74) is 5.06. The van der Waals surface area contributed by atoms with Crippen molar-refractivity contribution >= 4 is 23.5 Å². The number of phenolic OH excluding ortho intramolecular Hbond substituents is 1. The number of nitrogens with zero attached hydrogens (tertiary/aromatic N) is 1. The SMILES string of the molecule is Cc1cc(Cl)c(O)c(C=Nc2c(C(C)C)cccc2C(C)C)c1. The maximum absolute atomic E-state index is 10.1. The van der Waals surface area contributed by atoms with Crippen molar-refractivity contribution in [1.29, 1.82) is 0 Å². The molecule has 1 N–H and O–H groups in total. The van der Waals surface area contributed by atoms with E-state index < -0.39 is 0 Å². The van der Waals surface area contributed by atoms with Crippen LogP contribution in [0.2, 0.25) is 5.02 Å². The number of hydrogen-bond donors (Lipinski definition) is 1. The van der Waals surface area contributed by atoms with Crippen LogP contribution in [0.1, 0.15) is 61.8 Å². The Balaban J connectivity index is 2.55. The van der Waals surface area contributed by atoms with Gasteiger partial charge in [-0.25, -0.2) is 0 Å². The number of aliphatic imine (C=N–C) groups is 1. The number of rotatable bonds is 4. The van der Waals surface area contributed by atoms with E-state index in [9.17, 15) is 5.11 Å². The zero-order chi connectivity index (χ0) is 17.1. The summed E-state index contributed by atoms with van der Waals surface area (Å²) < 4.78 is 0. The van der Waals surface area contributed by atoms with Crippen LogP contribution in [0.5, 0.6) is 5.75 Å². The summed E-state index contributed by atoms with van der Waals surface area (Å²) in [7, 11) is 0. The minimum absolute atomic E-state index is 0.0779. The Bertz CT molecular complexity index is 706. The zero-order valence-corrected chi connectivity index (χ0v) is 15.1. The number of benzene rings is 2. The lowest BCUT2D eigenvalue weighted by atomic mass is 9.93. The van der Waals surface area contributed by atoms with Gasteiger partial charge in [-0.15, -0.1) is 0 Å². The summed E-state index contributed by atoms with van der Waals surface area (Å²) in [4.78, 5) is 4.72. The molecule has 122 valence electrons. The van der Waals surface area contributed by atoms with Crippen molar-refractivity contribution in [2.24, 2.45) is 4.99 Å².